The maximum atomic E-state index is 11.4. The number of pyridine rings is 1. The smallest absolute Gasteiger partial charge is 0.250 e. The first kappa shape index (κ1) is 15.7. The standard InChI is InChI=1S/C11H17N3O2.ClH/c1-3-14-7-9(4-5-11(14)16)13-10(15)6-8(2)12;/h4-5,7-8H,3,6,12H2,1-2H3,(H,13,15);1H. The lowest BCUT2D eigenvalue weighted by Crippen LogP contribution is -2.25. The maximum Gasteiger partial charge on any atom is 0.250 e. The minimum Gasteiger partial charge on any atom is -0.327 e. The van der Waals surface area contributed by atoms with Crippen molar-refractivity contribution in [3.63, 3.8) is 0 Å². The third-order valence-electron chi connectivity index (χ3n) is 2.12. The first-order chi connectivity index (χ1) is 7.52. The van der Waals surface area contributed by atoms with Crippen LogP contribution in [0.2, 0.25) is 0 Å². The zero-order valence-corrected chi connectivity index (χ0v) is 10.8. The number of halogens is 1. The second-order valence-corrected chi connectivity index (χ2v) is 3.77. The van der Waals surface area contributed by atoms with Gasteiger partial charge in [-0.25, -0.2) is 0 Å². The molecule has 0 fully saturated rings. The van der Waals surface area contributed by atoms with Crippen LogP contribution in [0.1, 0.15) is 20.3 Å². The summed E-state index contributed by atoms with van der Waals surface area (Å²) < 4.78 is 1.53. The summed E-state index contributed by atoms with van der Waals surface area (Å²) in [5.74, 6) is -0.142. The van der Waals surface area contributed by atoms with Crippen LogP contribution in [0.15, 0.2) is 23.1 Å². The Morgan fingerprint density at radius 1 is 1.53 bits per heavy atom. The minimum atomic E-state index is -0.169. The van der Waals surface area contributed by atoms with Crippen LogP contribution in [0.25, 0.3) is 0 Å². The molecule has 0 saturated heterocycles. The largest absolute Gasteiger partial charge is 0.327 e. The zero-order valence-electron chi connectivity index (χ0n) is 9.97. The number of aromatic nitrogens is 1. The van der Waals surface area contributed by atoms with E-state index in [0.717, 1.165) is 0 Å². The Hall–Kier alpha value is -1.33. The monoisotopic (exact) mass is 259 g/mol. The molecule has 5 nitrogen and oxygen atoms in total. The number of aryl methyl sites for hydroxylation is 1. The van der Waals surface area contributed by atoms with Crippen LogP contribution in [0.3, 0.4) is 0 Å². The predicted octanol–water partition coefficient (Wildman–Crippen LogP) is 0.966. The molecule has 1 aromatic rings. The van der Waals surface area contributed by atoms with Gasteiger partial charge in [-0.2, -0.15) is 0 Å². The summed E-state index contributed by atoms with van der Waals surface area (Å²) in [7, 11) is 0. The average molecular weight is 260 g/mol. The first-order valence-corrected chi connectivity index (χ1v) is 5.29. The summed E-state index contributed by atoms with van der Waals surface area (Å²) in [6.07, 6.45) is 1.90. The van der Waals surface area contributed by atoms with Gasteiger partial charge in [0.15, 0.2) is 0 Å². The van der Waals surface area contributed by atoms with Crippen LogP contribution >= 0.6 is 12.4 Å². The van der Waals surface area contributed by atoms with Crippen molar-refractivity contribution in [2.75, 3.05) is 5.32 Å². The number of amides is 1. The van der Waals surface area contributed by atoms with Gasteiger partial charge in [0.25, 0.3) is 5.56 Å². The van der Waals surface area contributed by atoms with Crippen LogP contribution in [-0.2, 0) is 11.3 Å². The number of anilines is 1. The van der Waals surface area contributed by atoms with Crippen molar-refractivity contribution in [3.8, 4) is 0 Å². The summed E-state index contributed by atoms with van der Waals surface area (Å²) >= 11 is 0. The molecule has 0 bridgehead atoms. The molecular formula is C11H18ClN3O2. The molecule has 0 aliphatic carbocycles. The van der Waals surface area contributed by atoms with Crippen molar-refractivity contribution >= 4 is 24.0 Å². The van der Waals surface area contributed by atoms with E-state index < -0.39 is 0 Å². The molecule has 3 N–H and O–H groups in total. The fraction of sp³-hybridized carbons (Fsp3) is 0.455. The third-order valence-corrected chi connectivity index (χ3v) is 2.12. The summed E-state index contributed by atoms with van der Waals surface area (Å²) in [4.78, 5) is 22.7. The van der Waals surface area contributed by atoms with E-state index >= 15 is 0 Å². The Morgan fingerprint density at radius 3 is 2.71 bits per heavy atom. The Morgan fingerprint density at radius 2 is 2.18 bits per heavy atom. The number of carbonyl (C=O) groups excluding carboxylic acids is 1. The molecule has 0 aliphatic heterocycles. The number of rotatable bonds is 4. The van der Waals surface area contributed by atoms with Gasteiger partial charge in [-0.1, -0.05) is 0 Å². The molecule has 1 atom stereocenters. The highest BCUT2D eigenvalue weighted by Gasteiger charge is 2.05. The molecule has 1 rings (SSSR count). The Bertz CT molecular complexity index is 429. The molecule has 6 heteroatoms. The lowest BCUT2D eigenvalue weighted by Gasteiger charge is -2.09. The van der Waals surface area contributed by atoms with Crippen LogP contribution < -0.4 is 16.6 Å². The van der Waals surface area contributed by atoms with Gasteiger partial charge in [0.05, 0.1) is 5.69 Å². The Labute approximate surface area is 106 Å². The molecule has 17 heavy (non-hydrogen) atoms. The highest BCUT2D eigenvalue weighted by atomic mass is 35.5. The maximum absolute atomic E-state index is 11.4. The molecule has 1 aromatic heterocycles. The molecule has 1 unspecified atom stereocenters. The number of carbonyl (C=O) groups is 1. The number of nitrogens with one attached hydrogen (secondary N) is 1. The highest BCUT2D eigenvalue weighted by molar-refractivity contribution is 5.90. The van der Waals surface area contributed by atoms with Gasteiger partial charge in [0.1, 0.15) is 0 Å². The van der Waals surface area contributed by atoms with E-state index in [9.17, 15) is 9.59 Å². The van der Waals surface area contributed by atoms with Crippen molar-refractivity contribution in [1.82, 2.24) is 4.57 Å². The van der Waals surface area contributed by atoms with Crippen molar-refractivity contribution in [2.45, 2.75) is 32.9 Å². The van der Waals surface area contributed by atoms with E-state index in [2.05, 4.69) is 5.32 Å². The quantitative estimate of drug-likeness (QED) is 0.846. The molecule has 96 valence electrons. The van der Waals surface area contributed by atoms with Crippen LogP contribution in [0.4, 0.5) is 5.69 Å². The molecule has 1 heterocycles. The lowest BCUT2D eigenvalue weighted by molar-refractivity contribution is -0.116. The van der Waals surface area contributed by atoms with E-state index in [1.54, 1.807) is 19.2 Å². The molecule has 0 saturated carbocycles. The topological polar surface area (TPSA) is 77.1 Å². The van der Waals surface area contributed by atoms with Gasteiger partial charge >= 0.3 is 0 Å². The fourth-order valence-electron chi connectivity index (χ4n) is 1.36. The Kier molecular flexibility index (Phi) is 6.53. The summed E-state index contributed by atoms with van der Waals surface area (Å²) in [6, 6.07) is 2.86. The normalized spacial score (nSPS) is 11.5. The predicted molar refractivity (Wildman–Crippen MR) is 70.5 cm³/mol. The second kappa shape index (κ2) is 7.09. The van der Waals surface area contributed by atoms with Crippen molar-refractivity contribution in [1.29, 1.82) is 0 Å². The molecule has 0 spiro atoms. The SMILES string of the molecule is CCn1cc(NC(=O)CC(C)N)ccc1=O.Cl. The molecule has 0 radical (unpaired) electrons. The van der Waals surface area contributed by atoms with Gasteiger partial charge < -0.3 is 15.6 Å². The average Bonchev–Trinajstić information content (AvgIpc) is 2.19. The van der Waals surface area contributed by atoms with E-state index in [1.807, 2.05) is 6.92 Å². The van der Waals surface area contributed by atoms with Crippen LogP contribution in [0, 0.1) is 0 Å². The fourth-order valence-corrected chi connectivity index (χ4v) is 1.36. The van der Waals surface area contributed by atoms with Crippen LogP contribution in [-0.4, -0.2) is 16.5 Å². The van der Waals surface area contributed by atoms with Gasteiger partial charge in [0.2, 0.25) is 5.91 Å². The van der Waals surface area contributed by atoms with Gasteiger partial charge in [-0.15, -0.1) is 12.4 Å². The minimum absolute atomic E-state index is 0. The third kappa shape index (κ3) is 5.01. The molecule has 0 aliphatic rings. The van der Waals surface area contributed by atoms with E-state index in [-0.39, 0.29) is 36.3 Å². The molecular weight excluding hydrogens is 242 g/mol. The van der Waals surface area contributed by atoms with E-state index in [0.29, 0.717) is 12.2 Å². The Balaban J connectivity index is 0.00000256. The number of nitrogens with zero attached hydrogens (tertiary/aromatic N) is 1. The second-order valence-electron chi connectivity index (χ2n) is 3.77. The van der Waals surface area contributed by atoms with Gasteiger partial charge in [-0.05, 0) is 19.9 Å². The molecule has 1 amide bonds. The lowest BCUT2D eigenvalue weighted by atomic mass is 10.2. The summed E-state index contributed by atoms with van der Waals surface area (Å²) in [5.41, 5.74) is 6.05. The summed E-state index contributed by atoms with van der Waals surface area (Å²) in [6.45, 7) is 4.22. The number of hydrogen-bond acceptors (Lipinski definition) is 3. The van der Waals surface area contributed by atoms with E-state index in [4.69, 9.17) is 5.73 Å². The first-order valence-electron chi connectivity index (χ1n) is 5.29. The summed E-state index contributed by atoms with van der Waals surface area (Å²) in [5, 5.41) is 2.70. The van der Waals surface area contributed by atoms with Gasteiger partial charge in [0, 0.05) is 31.3 Å². The molecule has 0 aromatic carbocycles. The van der Waals surface area contributed by atoms with Crippen molar-refractivity contribution in [2.24, 2.45) is 5.73 Å². The number of nitrogens with two attached hydrogens (primary N) is 1. The van der Waals surface area contributed by atoms with E-state index in [1.165, 1.54) is 10.6 Å². The van der Waals surface area contributed by atoms with Gasteiger partial charge in [-0.3, -0.25) is 9.59 Å². The van der Waals surface area contributed by atoms with Crippen molar-refractivity contribution < 1.29 is 4.79 Å². The zero-order chi connectivity index (χ0) is 12.1. The highest BCUT2D eigenvalue weighted by Crippen LogP contribution is 2.04. The van der Waals surface area contributed by atoms with Crippen LogP contribution in [0.5, 0.6) is 0 Å². The van der Waals surface area contributed by atoms with Crippen molar-refractivity contribution in [3.05, 3.63) is 28.7 Å². The number of hydrogen-bond donors (Lipinski definition) is 2.